The maximum absolute atomic E-state index is 10.8. The topological polar surface area (TPSA) is 73.0 Å². The summed E-state index contributed by atoms with van der Waals surface area (Å²) in [6, 6.07) is 8.69. The fourth-order valence-corrected chi connectivity index (χ4v) is 1.86. The number of aromatic nitrogens is 2. The molecule has 2 aromatic rings. The van der Waals surface area contributed by atoms with Gasteiger partial charge in [0.15, 0.2) is 0 Å². The van der Waals surface area contributed by atoms with Gasteiger partial charge in [0.1, 0.15) is 0 Å². The lowest BCUT2D eigenvalue weighted by atomic mass is 10.2. The number of para-hydroxylation sites is 1. The van der Waals surface area contributed by atoms with Crippen molar-refractivity contribution in [3.05, 3.63) is 58.4 Å². The maximum atomic E-state index is 10.8. The first kappa shape index (κ1) is 13.2. The predicted octanol–water partition coefficient (Wildman–Crippen LogP) is 1.97. The van der Waals surface area contributed by atoms with E-state index in [1.165, 1.54) is 6.07 Å². The van der Waals surface area contributed by atoms with Crippen LogP contribution in [0.1, 0.15) is 12.0 Å². The van der Waals surface area contributed by atoms with Gasteiger partial charge in [-0.2, -0.15) is 5.10 Å². The van der Waals surface area contributed by atoms with E-state index < -0.39 is 0 Å². The standard InChI is InChI=1S/C13H16N4O2/c18-17(19)13-6-2-1-5-12(13)11-14-7-3-9-16-10-4-8-15-16/h1-2,4-6,8,10,14H,3,7,9,11H2. The molecule has 0 bridgehead atoms. The zero-order chi connectivity index (χ0) is 13.5. The summed E-state index contributed by atoms with van der Waals surface area (Å²) in [5, 5.41) is 18.2. The van der Waals surface area contributed by atoms with E-state index in [2.05, 4.69) is 10.4 Å². The largest absolute Gasteiger partial charge is 0.312 e. The molecule has 6 nitrogen and oxygen atoms in total. The zero-order valence-corrected chi connectivity index (χ0v) is 10.5. The molecule has 0 aliphatic heterocycles. The van der Waals surface area contributed by atoms with Crippen molar-refractivity contribution in [2.45, 2.75) is 19.5 Å². The van der Waals surface area contributed by atoms with Gasteiger partial charge in [0.25, 0.3) is 5.69 Å². The van der Waals surface area contributed by atoms with Crippen molar-refractivity contribution in [1.82, 2.24) is 15.1 Å². The van der Waals surface area contributed by atoms with Gasteiger partial charge in [0.2, 0.25) is 0 Å². The molecular formula is C13H16N4O2. The normalized spacial score (nSPS) is 10.5. The van der Waals surface area contributed by atoms with Gasteiger partial charge in [0.05, 0.1) is 4.92 Å². The Balaban J connectivity index is 1.75. The minimum absolute atomic E-state index is 0.169. The van der Waals surface area contributed by atoms with E-state index in [4.69, 9.17) is 0 Å². The van der Waals surface area contributed by atoms with Crippen LogP contribution in [-0.4, -0.2) is 21.2 Å². The highest BCUT2D eigenvalue weighted by atomic mass is 16.6. The molecule has 0 aliphatic rings. The van der Waals surface area contributed by atoms with E-state index in [0.717, 1.165) is 19.5 Å². The first-order chi connectivity index (χ1) is 9.27. The van der Waals surface area contributed by atoms with Crippen LogP contribution in [0.4, 0.5) is 5.69 Å². The van der Waals surface area contributed by atoms with E-state index in [1.54, 1.807) is 18.3 Å². The number of aryl methyl sites for hydroxylation is 1. The summed E-state index contributed by atoms with van der Waals surface area (Å²) in [6.07, 6.45) is 4.60. The summed E-state index contributed by atoms with van der Waals surface area (Å²) in [5.41, 5.74) is 0.883. The Kier molecular flexibility index (Phi) is 4.63. The van der Waals surface area contributed by atoms with Gasteiger partial charge in [-0.05, 0) is 19.0 Å². The van der Waals surface area contributed by atoms with Crippen molar-refractivity contribution in [1.29, 1.82) is 0 Å². The van der Waals surface area contributed by atoms with Crippen LogP contribution >= 0.6 is 0 Å². The Morgan fingerprint density at radius 1 is 1.32 bits per heavy atom. The van der Waals surface area contributed by atoms with E-state index in [0.29, 0.717) is 12.1 Å². The van der Waals surface area contributed by atoms with Crippen LogP contribution in [0, 0.1) is 10.1 Å². The fraction of sp³-hybridized carbons (Fsp3) is 0.308. The van der Waals surface area contributed by atoms with Crippen molar-refractivity contribution in [2.75, 3.05) is 6.54 Å². The number of nitro groups is 1. The van der Waals surface area contributed by atoms with Crippen molar-refractivity contribution >= 4 is 5.69 Å². The van der Waals surface area contributed by atoms with Crippen LogP contribution in [0.5, 0.6) is 0 Å². The van der Waals surface area contributed by atoms with Crippen molar-refractivity contribution < 1.29 is 4.92 Å². The maximum Gasteiger partial charge on any atom is 0.273 e. The van der Waals surface area contributed by atoms with E-state index >= 15 is 0 Å². The first-order valence-electron chi connectivity index (χ1n) is 6.18. The Labute approximate surface area is 111 Å². The molecule has 0 spiro atoms. The lowest BCUT2D eigenvalue weighted by Crippen LogP contribution is -2.17. The van der Waals surface area contributed by atoms with Crippen LogP contribution in [0.3, 0.4) is 0 Å². The smallest absolute Gasteiger partial charge is 0.273 e. The molecule has 0 radical (unpaired) electrons. The molecule has 1 heterocycles. The predicted molar refractivity (Wildman–Crippen MR) is 71.6 cm³/mol. The lowest BCUT2D eigenvalue weighted by molar-refractivity contribution is -0.385. The van der Waals surface area contributed by atoms with E-state index in [9.17, 15) is 10.1 Å². The fourth-order valence-electron chi connectivity index (χ4n) is 1.86. The highest BCUT2D eigenvalue weighted by Gasteiger charge is 2.10. The van der Waals surface area contributed by atoms with Crippen LogP contribution in [0.25, 0.3) is 0 Å². The Hall–Kier alpha value is -2.21. The van der Waals surface area contributed by atoms with E-state index in [1.807, 2.05) is 23.0 Å². The molecule has 1 aromatic heterocycles. The summed E-state index contributed by atoms with van der Waals surface area (Å²) in [5.74, 6) is 0. The number of hydrogen-bond acceptors (Lipinski definition) is 4. The number of rotatable bonds is 7. The molecule has 0 aliphatic carbocycles. The average Bonchev–Trinajstić information content (AvgIpc) is 2.92. The summed E-state index contributed by atoms with van der Waals surface area (Å²) < 4.78 is 1.87. The van der Waals surface area contributed by atoms with E-state index in [-0.39, 0.29) is 10.6 Å². The van der Waals surface area contributed by atoms with Gasteiger partial charge >= 0.3 is 0 Å². The minimum atomic E-state index is -0.346. The molecule has 1 aromatic carbocycles. The average molecular weight is 260 g/mol. The summed E-state index contributed by atoms with van der Waals surface area (Å²) >= 11 is 0. The van der Waals surface area contributed by atoms with Crippen LogP contribution < -0.4 is 5.32 Å². The highest BCUT2D eigenvalue weighted by Crippen LogP contribution is 2.16. The second-order valence-corrected chi connectivity index (χ2v) is 4.19. The second-order valence-electron chi connectivity index (χ2n) is 4.19. The minimum Gasteiger partial charge on any atom is -0.312 e. The molecule has 0 amide bonds. The molecule has 0 fully saturated rings. The monoisotopic (exact) mass is 260 g/mol. The third-order valence-electron chi connectivity index (χ3n) is 2.80. The van der Waals surface area contributed by atoms with Gasteiger partial charge < -0.3 is 5.32 Å². The quantitative estimate of drug-likeness (QED) is 0.469. The first-order valence-corrected chi connectivity index (χ1v) is 6.18. The molecule has 0 saturated carbocycles. The SMILES string of the molecule is O=[N+]([O-])c1ccccc1CNCCCn1cccn1. The summed E-state index contributed by atoms with van der Waals surface area (Å²) in [7, 11) is 0. The number of nitrogens with zero attached hydrogens (tertiary/aromatic N) is 3. The van der Waals surface area contributed by atoms with Crippen molar-refractivity contribution in [3.63, 3.8) is 0 Å². The molecule has 6 heteroatoms. The molecule has 0 unspecified atom stereocenters. The Morgan fingerprint density at radius 3 is 2.89 bits per heavy atom. The molecular weight excluding hydrogens is 244 g/mol. The van der Waals surface area contributed by atoms with Crippen LogP contribution in [-0.2, 0) is 13.1 Å². The van der Waals surface area contributed by atoms with Gasteiger partial charge in [-0.25, -0.2) is 0 Å². The second kappa shape index (κ2) is 6.65. The molecule has 1 N–H and O–H groups in total. The number of nitrogens with one attached hydrogen (secondary N) is 1. The molecule has 0 atom stereocenters. The molecule has 19 heavy (non-hydrogen) atoms. The van der Waals surface area contributed by atoms with Crippen LogP contribution in [0.15, 0.2) is 42.7 Å². The van der Waals surface area contributed by atoms with Gasteiger partial charge in [-0.15, -0.1) is 0 Å². The Bertz CT molecular complexity index is 525. The number of nitro benzene ring substituents is 1. The third kappa shape index (κ3) is 3.89. The summed E-state index contributed by atoms with van der Waals surface area (Å²) in [4.78, 5) is 10.5. The van der Waals surface area contributed by atoms with Crippen LogP contribution in [0.2, 0.25) is 0 Å². The van der Waals surface area contributed by atoms with Crippen molar-refractivity contribution in [2.24, 2.45) is 0 Å². The third-order valence-corrected chi connectivity index (χ3v) is 2.80. The van der Waals surface area contributed by atoms with Gasteiger partial charge in [-0.3, -0.25) is 14.8 Å². The molecule has 100 valence electrons. The Morgan fingerprint density at radius 2 is 2.16 bits per heavy atom. The number of hydrogen-bond donors (Lipinski definition) is 1. The van der Waals surface area contributed by atoms with Gasteiger partial charge in [0, 0.05) is 37.1 Å². The lowest BCUT2D eigenvalue weighted by Gasteiger charge is -2.05. The van der Waals surface area contributed by atoms with Gasteiger partial charge in [-0.1, -0.05) is 18.2 Å². The highest BCUT2D eigenvalue weighted by molar-refractivity contribution is 5.39. The molecule has 2 rings (SSSR count). The summed E-state index contributed by atoms with van der Waals surface area (Å²) in [6.45, 7) is 2.15. The van der Waals surface area contributed by atoms with Crippen molar-refractivity contribution in [3.8, 4) is 0 Å². The number of benzene rings is 1. The molecule has 0 saturated heterocycles. The zero-order valence-electron chi connectivity index (χ0n) is 10.5.